The zero-order chi connectivity index (χ0) is 3.41. The summed E-state index contributed by atoms with van der Waals surface area (Å²) in [5.74, 6) is 0. The molecule has 0 saturated carbocycles. The summed E-state index contributed by atoms with van der Waals surface area (Å²) in [5, 5.41) is 0. The van der Waals surface area contributed by atoms with Crippen molar-refractivity contribution in [2.75, 3.05) is 0 Å². The molecule has 0 amide bonds. The number of rotatable bonds is 1. The van der Waals surface area contributed by atoms with E-state index >= 15 is 0 Å². The second-order valence-electron chi connectivity index (χ2n) is 0.816. The molecule has 0 aromatic rings. The van der Waals surface area contributed by atoms with Crippen LogP contribution < -0.4 is 12.4 Å². The van der Waals surface area contributed by atoms with E-state index in [1.165, 1.54) is 6.42 Å². The van der Waals surface area contributed by atoms with E-state index in [1.807, 2.05) is 0 Å². The van der Waals surface area contributed by atoms with Crippen LogP contribution >= 0.6 is 0 Å². The Morgan fingerprint density at radius 1 is 1.43 bits per heavy atom. The standard InChI is InChI=1S/C4H9.ClH.Li.Mg/c1-3-4-2;;;/h3H,4H2,1-2H3;1H;;/q-1;;;+2/p-1. The second kappa shape index (κ2) is 25.4. The minimum atomic E-state index is 0. The van der Waals surface area contributed by atoms with Gasteiger partial charge in [0.15, 0.2) is 0 Å². The van der Waals surface area contributed by atoms with Crippen molar-refractivity contribution in [3.8, 4) is 0 Å². The molecule has 7 heavy (non-hydrogen) atoms. The number of hydrogen-bond acceptors (Lipinski definition) is 0. The SMILES string of the molecule is C[CH-]CC.[Cl-].[Li].[Mg+2]. The largest absolute Gasteiger partial charge is 2.00 e. The molecule has 0 atom stereocenters. The van der Waals surface area contributed by atoms with Crippen LogP contribution in [0.4, 0.5) is 0 Å². The van der Waals surface area contributed by atoms with Crippen LogP contribution in [0.1, 0.15) is 20.3 Å². The van der Waals surface area contributed by atoms with Crippen LogP contribution in [-0.2, 0) is 0 Å². The van der Waals surface area contributed by atoms with E-state index in [9.17, 15) is 0 Å². The van der Waals surface area contributed by atoms with Gasteiger partial charge in [-0.05, 0) is 0 Å². The van der Waals surface area contributed by atoms with Gasteiger partial charge >= 0.3 is 23.1 Å². The van der Waals surface area contributed by atoms with Gasteiger partial charge in [-0.3, -0.25) is 0 Å². The summed E-state index contributed by atoms with van der Waals surface area (Å²) in [6, 6.07) is 0. The van der Waals surface area contributed by atoms with Gasteiger partial charge in [-0.2, -0.15) is 13.3 Å². The molecular formula is C4H9ClLiMg. The summed E-state index contributed by atoms with van der Waals surface area (Å²) in [6.07, 6.45) is 3.32. The van der Waals surface area contributed by atoms with Crippen molar-refractivity contribution in [1.29, 1.82) is 0 Å². The topological polar surface area (TPSA) is 0 Å². The molecule has 0 aliphatic carbocycles. The van der Waals surface area contributed by atoms with Gasteiger partial charge in [-0.15, -0.1) is 0 Å². The van der Waals surface area contributed by atoms with E-state index in [2.05, 4.69) is 20.3 Å². The average Bonchev–Trinajstić information content (AvgIpc) is 1.37. The molecule has 0 spiro atoms. The fraction of sp³-hybridized carbons (Fsp3) is 0.750. The molecule has 0 rings (SSSR count). The van der Waals surface area contributed by atoms with Crippen LogP contribution in [0, 0.1) is 6.42 Å². The van der Waals surface area contributed by atoms with Gasteiger partial charge in [-0.1, -0.05) is 6.92 Å². The maximum Gasteiger partial charge on any atom is 2.00 e. The van der Waals surface area contributed by atoms with E-state index in [1.54, 1.807) is 0 Å². The van der Waals surface area contributed by atoms with Crippen LogP contribution in [-0.4, -0.2) is 41.9 Å². The maximum atomic E-state index is 2.12. The van der Waals surface area contributed by atoms with Gasteiger partial charge in [0.05, 0.1) is 0 Å². The molecular weight excluding hydrogens is 115 g/mol. The van der Waals surface area contributed by atoms with E-state index in [-0.39, 0.29) is 54.3 Å². The molecule has 35 valence electrons. The van der Waals surface area contributed by atoms with Crippen LogP contribution in [0.2, 0.25) is 0 Å². The monoisotopic (exact) mass is 123 g/mol. The third-order valence-electron chi connectivity index (χ3n) is 0.408. The average molecular weight is 124 g/mol. The van der Waals surface area contributed by atoms with Gasteiger partial charge < -0.3 is 18.8 Å². The molecule has 0 nitrogen and oxygen atoms in total. The zero-order valence-electron chi connectivity index (χ0n) is 5.37. The summed E-state index contributed by atoms with van der Waals surface area (Å²) in [4.78, 5) is 0. The van der Waals surface area contributed by atoms with Crippen molar-refractivity contribution < 1.29 is 12.4 Å². The van der Waals surface area contributed by atoms with Crippen LogP contribution in [0.25, 0.3) is 0 Å². The summed E-state index contributed by atoms with van der Waals surface area (Å²) in [5.41, 5.74) is 0. The van der Waals surface area contributed by atoms with Crippen molar-refractivity contribution >= 4 is 41.9 Å². The summed E-state index contributed by atoms with van der Waals surface area (Å²) in [6.45, 7) is 4.18. The van der Waals surface area contributed by atoms with Gasteiger partial charge in [-0.25, -0.2) is 0 Å². The van der Waals surface area contributed by atoms with Crippen LogP contribution in [0.5, 0.6) is 0 Å². The van der Waals surface area contributed by atoms with Crippen molar-refractivity contribution in [3.05, 3.63) is 6.42 Å². The molecule has 0 aromatic carbocycles. The summed E-state index contributed by atoms with van der Waals surface area (Å²) < 4.78 is 0. The van der Waals surface area contributed by atoms with E-state index in [0.29, 0.717) is 0 Å². The van der Waals surface area contributed by atoms with Gasteiger partial charge in [0.2, 0.25) is 0 Å². The Morgan fingerprint density at radius 2 is 1.57 bits per heavy atom. The predicted octanol–water partition coefficient (Wildman–Crippen LogP) is -2.14. The summed E-state index contributed by atoms with van der Waals surface area (Å²) >= 11 is 0. The Kier molecular flexibility index (Phi) is 84.9. The summed E-state index contributed by atoms with van der Waals surface area (Å²) in [7, 11) is 0. The Hall–Kier alpha value is 1.65. The molecule has 1 radical (unpaired) electrons. The fourth-order valence-electron chi connectivity index (χ4n) is 0. The number of hydrogen-bond donors (Lipinski definition) is 0. The number of unbranched alkanes of at least 4 members (excludes halogenated alkanes) is 1. The Balaban J connectivity index is -0.0000000150. The first-order valence-corrected chi connectivity index (χ1v) is 1.69. The Bertz CT molecular complexity index is 13.7. The molecule has 0 bridgehead atoms. The molecule has 0 aromatic heterocycles. The minimum Gasteiger partial charge on any atom is -1.00 e. The smallest absolute Gasteiger partial charge is 1.00 e. The van der Waals surface area contributed by atoms with Gasteiger partial charge in [0.1, 0.15) is 0 Å². The first-order chi connectivity index (χ1) is 1.91. The first-order valence-electron chi connectivity index (χ1n) is 1.69. The molecule has 0 N–H and O–H groups in total. The molecule has 3 heteroatoms. The van der Waals surface area contributed by atoms with E-state index in [4.69, 9.17) is 0 Å². The van der Waals surface area contributed by atoms with Crippen molar-refractivity contribution in [3.63, 3.8) is 0 Å². The molecule has 0 unspecified atom stereocenters. The molecule has 0 aliphatic rings. The third kappa shape index (κ3) is 34.7. The zero-order valence-corrected chi connectivity index (χ0v) is 7.54. The predicted molar refractivity (Wildman–Crippen MR) is 31.8 cm³/mol. The normalized spacial score (nSPS) is 4.29. The fourth-order valence-corrected chi connectivity index (χ4v) is 0. The molecule has 0 heterocycles. The van der Waals surface area contributed by atoms with Crippen molar-refractivity contribution in [1.82, 2.24) is 0 Å². The van der Waals surface area contributed by atoms with Crippen LogP contribution in [0.15, 0.2) is 0 Å². The molecule has 0 fully saturated rings. The van der Waals surface area contributed by atoms with Gasteiger partial charge in [0.25, 0.3) is 0 Å². The second-order valence-corrected chi connectivity index (χ2v) is 0.816. The van der Waals surface area contributed by atoms with E-state index < -0.39 is 0 Å². The quantitative estimate of drug-likeness (QED) is 0.276. The van der Waals surface area contributed by atoms with Gasteiger partial charge in [0, 0.05) is 18.9 Å². The Labute approximate surface area is 80.6 Å². The number of halogens is 1. The minimum absolute atomic E-state index is 0. The first kappa shape index (κ1) is 23.4. The van der Waals surface area contributed by atoms with E-state index in [0.717, 1.165) is 0 Å². The molecule has 0 saturated heterocycles. The van der Waals surface area contributed by atoms with Crippen molar-refractivity contribution in [2.45, 2.75) is 20.3 Å². The Morgan fingerprint density at radius 3 is 1.57 bits per heavy atom. The molecule has 0 aliphatic heterocycles. The third-order valence-corrected chi connectivity index (χ3v) is 0.408. The maximum absolute atomic E-state index is 2.12. The van der Waals surface area contributed by atoms with Crippen molar-refractivity contribution in [2.24, 2.45) is 0 Å². The van der Waals surface area contributed by atoms with Crippen LogP contribution in [0.3, 0.4) is 0 Å².